The number of hydrogen-bond donors (Lipinski definition) is 1. The number of halogens is 1. The Morgan fingerprint density at radius 3 is 2.72 bits per heavy atom. The van der Waals surface area contributed by atoms with Crippen LogP contribution >= 0.6 is 15.9 Å². The van der Waals surface area contributed by atoms with Crippen LogP contribution in [0.2, 0.25) is 0 Å². The van der Waals surface area contributed by atoms with E-state index in [1.807, 2.05) is 24.3 Å². The van der Waals surface area contributed by atoms with Gasteiger partial charge < -0.3 is 15.4 Å². The lowest BCUT2D eigenvalue weighted by atomic mass is 10.1. The predicted octanol–water partition coefficient (Wildman–Crippen LogP) is 2.64. The molecule has 2 rings (SSSR count). The fraction of sp³-hybridized carbons (Fsp3) is 0.571. The van der Waals surface area contributed by atoms with E-state index in [0.717, 1.165) is 55.7 Å². The largest absolute Gasteiger partial charge is 0.492 e. The summed E-state index contributed by atoms with van der Waals surface area (Å²) in [6, 6.07) is 8.39. The first-order chi connectivity index (χ1) is 8.75. The second-order valence-corrected chi connectivity index (χ2v) is 5.67. The van der Waals surface area contributed by atoms with Gasteiger partial charge in [-0.1, -0.05) is 12.1 Å². The van der Waals surface area contributed by atoms with Crippen molar-refractivity contribution in [2.24, 2.45) is 5.73 Å². The molecule has 2 N–H and O–H groups in total. The fourth-order valence-corrected chi connectivity index (χ4v) is 2.61. The molecule has 1 saturated heterocycles. The average Bonchev–Trinajstić information content (AvgIpc) is 2.39. The third-order valence-corrected chi connectivity index (χ3v) is 4.00. The minimum atomic E-state index is 0.415. The maximum absolute atomic E-state index is 5.89. The van der Waals surface area contributed by atoms with E-state index in [0.29, 0.717) is 6.04 Å². The first kappa shape index (κ1) is 13.8. The van der Waals surface area contributed by atoms with Crippen LogP contribution in [0.5, 0.6) is 5.75 Å². The third kappa shape index (κ3) is 4.26. The van der Waals surface area contributed by atoms with E-state index in [1.54, 1.807) is 0 Å². The number of benzene rings is 1. The van der Waals surface area contributed by atoms with Crippen LogP contribution in [0.15, 0.2) is 28.7 Å². The van der Waals surface area contributed by atoms with Crippen molar-refractivity contribution in [1.29, 1.82) is 0 Å². The van der Waals surface area contributed by atoms with Gasteiger partial charge in [-0.3, -0.25) is 0 Å². The van der Waals surface area contributed by atoms with Crippen molar-refractivity contribution in [3.8, 4) is 5.75 Å². The van der Waals surface area contributed by atoms with Gasteiger partial charge in [-0.05, 0) is 60.4 Å². The maximum atomic E-state index is 5.89. The highest BCUT2D eigenvalue weighted by Gasteiger charge is 2.15. The number of hydrogen-bond acceptors (Lipinski definition) is 3. The van der Waals surface area contributed by atoms with E-state index in [-0.39, 0.29) is 0 Å². The van der Waals surface area contributed by atoms with Crippen molar-refractivity contribution in [3.63, 3.8) is 0 Å². The van der Waals surface area contributed by atoms with Gasteiger partial charge >= 0.3 is 0 Å². The predicted molar refractivity (Wildman–Crippen MR) is 77.9 cm³/mol. The topological polar surface area (TPSA) is 38.5 Å². The Balaban J connectivity index is 1.63. The molecule has 3 nitrogen and oxygen atoms in total. The highest BCUT2D eigenvalue weighted by molar-refractivity contribution is 9.10. The number of rotatable bonds is 5. The summed E-state index contributed by atoms with van der Waals surface area (Å²) < 4.78 is 6.77. The quantitative estimate of drug-likeness (QED) is 0.849. The molecule has 1 aliphatic heterocycles. The molecule has 0 spiro atoms. The van der Waals surface area contributed by atoms with Crippen LogP contribution in [0, 0.1) is 0 Å². The molecule has 0 saturated carbocycles. The molecule has 1 aliphatic rings. The van der Waals surface area contributed by atoms with Crippen LogP contribution in [0.4, 0.5) is 0 Å². The van der Waals surface area contributed by atoms with Crippen molar-refractivity contribution >= 4 is 15.9 Å². The van der Waals surface area contributed by atoms with Gasteiger partial charge in [0.2, 0.25) is 0 Å². The maximum Gasteiger partial charge on any atom is 0.133 e. The van der Waals surface area contributed by atoms with Gasteiger partial charge in [-0.15, -0.1) is 0 Å². The van der Waals surface area contributed by atoms with Gasteiger partial charge in [0.05, 0.1) is 11.1 Å². The molecule has 0 bridgehead atoms. The Bertz CT molecular complexity index is 365. The van der Waals surface area contributed by atoms with Crippen LogP contribution in [0.1, 0.15) is 19.3 Å². The molecule has 1 heterocycles. The number of nitrogens with two attached hydrogens (primary N) is 1. The molecule has 0 aromatic heterocycles. The van der Waals surface area contributed by atoms with Crippen molar-refractivity contribution in [1.82, 2.24) is 4.90 Å². The molecule has 0 amide bonds. The fourth-order valence-electron chi connectivity index (χ4n) is 2.21. The molecule has 1 fully saturated rings. The number of para-hydroxylation sites is 1. The van der Waals surface area contributed by atoms with E-state index in [9.17, 15) is 0 Å². The van der Waals surface area contributed by atoms with Gasteiger partial charge in [0.1, 0.15) is 5.75 Å². The molecule has 0 unspecified atom stereocenters. The zero-order valence-electron chi connectivity index (χ0n) is 10.6. The van der Waals surface area contributed by atoms with E-state index in [2.05, 4.69) is 20.8 Å². The minimum absolute atomic E-state index is 0.415. The summed E-state index contributed by atoms with van der Waals surface area (Å²) in [4.78, 5) is 2.48. The molecular weight excluding hydrogens is 292 g/mol. The van der Waals surface area contributed by atoms with Gasteiger partial charge in [0.25, 0.3) is 0 Å². The van der Waals surface area contributed by atoms with Crippen LogP contribution in [0.25, 0.3) is 0 Å². The van der Waals surface area contributed by atoms with Gasteiger partial charge in [-0.25, -0.2) is 0 Å². The van der Waals surface area contributed by atoms with Crippen LogP contribution in [0.3, 0.4) is 0 Å². The van der Waals surface area contributed by atoms with Crippen molar-refractivity contribution in [2.45, 2.75) is 25.3 Å². The van der Waals surface area contributed by atoms with E-state index in [1.165, 1.54) is 0 Å². The summed E-state index contributed by atoms with van der Waals surface area (Å²) >= 11 is 3.48. The molecule has 100 valence electrons. The van der Waals surface area contributed by atoms with Crippen LogP contribution in [-0.2, 0) is 0 Å². The number of piperidine rings is 1. The second kappa shape index (κ2) is 7.12. The third-order valence-electron chi connectivity index (χ3n) is 3.35. The summed E-state index contributed by atoms with van der Waals surface area (Å²) in [6.07, 6.45) is 3.33. The lowest BCUT2D eigenvalue weighted by Crippen LogP contribution is -2.40. The standard InChI is InChI=1S/C14H21BrN2O/c15-13-4-1-2-5-14(13)18-11-3-8-17-9-6-12(16)7-10-17/h1-2,4-5,12H,3,6-11,16H2. The van der Waals surface area contributed by atoms with Crippen molar-refractivity contribution in [2.75, 3.05) is 26.2 Å². The van der Waals surface area contributed by atoms with Crippen LogP contribution < -0.4 is 10.5 Å². The number of nitrogens with zero attached hydrogens (tertiary/aromatic N) is 1. The normalized spacial score (nSPS) is 17.9. The summed E-state index contributed by atoms with van der Waals surface area (Å²) in [5.41, 5.74) is 5.89. The molecule has 18 heavy (non-hydrogen) atoms. The van der Waals surface area contributed by atoms with Gasteiger partial charge in [-0.2, -0.15) is 0 Å². The summed E-state index contributed by atoms with van der Waals surface area (Å²) in [5, 5.41) is 0. The highest BCUT2D eigenvalue weighted by atomic mass is 79.9. The molecule has 0 radical (unpaired) electrons. The highest BCUT2D eigenvalue weighted by Crippen LogP contribution is 2.23. The number of ether oxygens (including phenoxy) is 1. The van der Waals surface area contributed by atoms with Crippen molar-refractivity contribution < 1.29 is 4.74 Å². The molecule has 0 atom stereocenters. The first-order valence-electron chi connectivity index (χ1n) is 6.61. The lowest BCUT2D eigenvalue weighted by Gasteiger charge is -2.29. The Hall–Kier alpha value is -0.580. The molecule has 0 aliphatic carbocycles. The van der Waals surface area contributed by atoms with Crippen molar-refractivity contribution in [3.05, 3.63) is 28.7 Å². The Morgan fingerprint density at radius 1 is 1.28 bits per heavy atom. The molecular formula is C14H21BrN2O. The Morgan fingerprint density at radius 2 is 2.00 bits per heavy atom. The smallest absolute Gasteiger partial charge is 0.133 e. The van der Waals surface area contributed by atoms with E-state index >= 15 is 0 Å². The minimum Gasteiger partial charge on any atom is -0.492 e. The molecule has 1 aromatic carbocycles. The van der Waals surface area contributed by atoms with Crippen LogP contribution in [-0.4, -0.2) is 37.2 Å². The first-order valence-corrected chi connectivity index (χ1v) is 7.40. The monoisotopic (exact) mass is 312 g/mol. The summed E-state index contributed by atoms with van der Waals surface area (Å²) in [5.74, 6) is 0.929. The SMILES string of the molecule is NC1CCN(CCCOc2ccccc2Br)CC1. The number of likely N-dealkylation sites (tertiary alicyclic amines) is 1. The Labute approximate surface area is 117 Å². The zero-order chi connectivity index (χ0) is 12.8. The zero-order valence-corrected chi connectivity index (χ0v) is 12.2. The van der Waals surface area contributed by atoms with E-state index in [4.69, 9.17) is 10.5 Å². The Kier molecular flexibility index (Phi) is 5.47. The van der Waals surface area contributed by atoms with Gasteiger partial charge in [0.15, 0.2) is 0 Å². The molecule has 1 aromatic rings. The van der Waals surface area contributed by atoms with Gasteiger partial charge in [0, 0.05) is 12.6 Å². The molecule has 4 heteroatoms. The lowest BCUT2D eigenvalue weighted by molar-refractivity contribution is 0.193. The summed E-state index contributed by atoms with van der Waals surface area (Å²) in [7, 11) is 0. The second-order valence-electron chi connectivity index (χ2n) is 4.81. The summed E-state index contributed by atoms with van der Waals surface area (Å²) in [6.45, 7) is 4.15. The van der Waals surface area contributed by atoms with E-state index < -0.39 is 0 Å². The average molecular weight is 313 g/mol.